The molecule has 0 spiro atoms. The number of carbonyl (C=O) groups is 2. The number of rotatable bonds is 4. The topological polar surface area (TPSA) is 53.1 Å². The van der Waals surface area contributed by atoms with Gasteiger partial charge < -0.3 is 9.64 Å². The van der Waals surface area contributed by atoms with Gasteiger partial charge in [-0.15, -0.1) is 0 Å². The number of ether oxygens (including phenoxy) is 1. The Morgan fingerprint density at radius 3 is 2.67 bits per heavy atom. The highest BCUT2D eigenvalue weighted by Crippen LogP contribution is 2.08. The van der Waals surface area contributed by atoms with Gasteiger partial charge >= 0.3 is 6.09 Å². The molecule has 6 heteroatoms. The van der Waals surface area contributed by atoms with E-state index in [0.717, 1.165) is 39.1 Å². The average Bonchev–Trinajstić information content (AvgIpc) is 2.72. The molecule has 0 radical (unpaired) electrons. The first-order chi connectivity index (χ1) is 10.1. The van der Waals surface area contributed by atoms with Gasteiger partial charge in [0.05, 0.1) is 6.54 Å². The third kappa shape index (κ3) is 4.74. The quantitative estimate of drug-likeness (QED) is 0.724. The zero-order valence-electron chi connectivity index (χ0n) is 13.0. The standard InChI is InChI=1S/C15H25N3O3/c1-13(2)4-7-16-5-3-6-17(9-8-16)14(19)12-18-10-11-21-15(18)20/h4H,3,5-12H2,1-2H3. The highest BCUT2D eigenvalue weighted by atomic mass is 16.6. The van der Waals surface area contributed by atoms with Gasteiger partial charge in [-0.1, -0.05) is 11.6 Å². The van der Waals surface area contributed by atoms with E-state index in [-0.39, 0.29) is 18.5 Å². The molecule has 0 aromatic heterocycles. The molecule has 2 fully saturated rings. The van der Waals surface area contributed by atoms with E-state index in [9.17, 15) is 9.59 Å². The molecule has 2 saturated heterocycles. The van der Waals surface area contributed by atoms with Crippen LogP contribution in [-0.4, -0.2) is 79.1 Å². The summed E-state index contributed by atoms with van der Waals surface area (Å²) in [7, 11) is 0. The highest BCUT2D eigenvalue weighted by Gasteiger charge is 2.27. The monoisotopic (exact) mass is 295 g/mol. The molecule has 0 saturated carbocycles. The minimum absolute atomic E-state index is 0.0258. The normalized spacial score (nSPS) is 20.2. The Balaban J connectivity index is 1.80. The molecule has 2 aliphatic rings. The molecule has 0 unspecified atom stereocenters. The van der Waals surface area contributed by atoms with E-state index in [4.69, 9.17) is 4.74 Å². The van der Waals surface area contributed by atoms with E-state index in [1.165, 1.54) is 10.5 Å². The molecule has 0 aromatic rings. The fraction of sp³-hybridized carbons (Fsp3) is 0.733. The van der Waals surface area contributed by atoms with Crippen LogP contribution >= 0.6 is 0 Å². The lowest BCUT2D eigenvalue weighted by Crippen LogP contribution is -2.42. The van der Waals surface area contributed by atoms with Crippen molar-refractivity contribution in [1.82, 2.24) is 14.7 Å². The largest absolute Gasteiger partial charge is 0.448 e. The molecule has 0 bridgehead atoms. The maximum absolute atomic E-state index is 12.3. The van der Waals surface area contributed by atoms with Crippen molar-refractivity contribution in [1.29, 1.82) is 0 Å². The molecular weight excluding hydrogens is 270 g/mol. The number of cyclic esters (lactones) is 1. The van der Waals surface area contributed by atoms with Crippen LogP contribution in [0.3, 0.4) is 0 Å². The Labute approximate surface area is 126 Å². The molecule has 118 valence electrons. The minimum atomic E-state index is -0.372. The molecule has 2 aliphatic heterocycles. The summed E-state index contributed by atoms with van der Waals surface area (Å²) < 4.78 is 4.85. The van der Waals surface area contributed by atoms with Gasteiger partial charge in [-0.05, 0) is 20.3 Å². The molecule has 2 rings (SSSR count). The second-order valence-electron chi connectivity index (χ2n) is 5.85. The molecule has 21 heavy (non-hydrogen) atoms. The summed E-state index contributed by atoms with van der Waals surface area (Å²) in [5.41, 5.74) is 1.32. The molecule has 2 heterocycles. The van der Waals surface area contributed by atoms with E-state index in [2.05, 4.69) is 24.8 Å². The van der Waals surface area contributed by atoms with Crippen LogP contribution in [-0.2, 0) is 9.53 Å². The van der Waals surface area contributed by atoms with E-state index >= 15 is 0 Å². The van der Waals surface area contributed by atoms with Gasteiger partial charge in [-0.25, -0.2) is 4.79 Å². The van der Waals surface area contributed by atoms with Crippen LogP contribution in [0.4, 0.5) is 4.79 Å². The van der Waals surface area contributed by atoms with Crippen molar-refractivity contribution in [3.63, 3.8) is 0 Å². The van der Waals surface area contributed by atoms with Crippen molar-refractivity contribution in [2.24, 2.45) is 0 Å². The van der Waals surface area contributed by atoms with Crippen molar-refractivity contribution in [3.05, 3.63) is 11.6 Å². The van der Waals surface area contributed by atoms with Gasteiger partial charge in [0.25, 0.3) is 0 Å². The van der Waals surface area contributed by atoms with Crippen molar-refractivity contribution in [3.8, 4) is 0 Å². The van der Waals surface area contributed by atoms with Crippen LogP contribution < -0.4 is 0 Å². The third-order valence-electron chi connectivity index (χ3n) is 3.87. The number of nitrogens with zero attached hydrogens (tertiary/aromatic N) is 3. The second-order valence-corrected chi connectivity index (χ2v) is 5.85. The SMILES string of the molecule is CC(C)=CCN1CCCN(C(=O)CN2CCOC2=O)CC1. The molecule has 6 nitrogen and oxygen atoms in total. The Bertz CT molecular complexity index is 418. The lowest BCUT2D eigenvalue weighted by atomic mass is 10.3. The fourth-order valence-corrected chi connectivity index (χ4v) is 2.55. The van der Waals surface area contributed by atoms with E-state index in [0.29, 0.717) is 13.2 Å². The number of amides is 2. The first-order valence-electron chi connectivity index (χ1n) is 7.61. The van der Waals surface area contributed by atoms with Crippen molar-refractivity contribution >= 4 is 12.0 Å². The summed E-state index contributed by atoms with van der Waals surface area (Å²) in [5, 5.41) is 0. The van der Waals surface area contributed by atoms with Crippen molar-refractivity contribution in [2.75, 3.05) is 52.4 Å². The number of allylic oxidation sites excluding steroid dienone is 1. The summed E-state index contributed by atoms with van der Waals surface area (Å²) in [4.78, 5) is 29.4. The van der Waals surface area contributed by atoms with Crippen LogP contribution in [0.25, 0.3) is 0 Å². The van der Waals surface area contributed by atoms with Crippen LogP contribution in [0.5, 0.6) is 0 Å². The van der Waals surface area contributed by atoms with Gasteiger partial charge in [-0.2, -0.15) is 0 Å². The van der Waals surface area contributed by atoms with E-state index < -0.39 is 0 Å². The lowest BCUT2D eigenvalue weighted by molar-refractivity contribution is -0.131. The number of hydrogen-bond donors (Lipinski definition) is 0. The van der Waals surface area contributed by atoms with Crippen LogP contribution in [0.1, 0.15) is 20.3 Å². The van der Waals surface area contributed by atoms with E-state index in [1.54, 1.807) is 0 Å². The molecule has 0 aromatic carbocycles. The van der Waals surface area contributed by atoms with Crippen LogP contribution in [0.15, 0.2) is 11.6 Å². The maximum atomic E-state index is 12.3. The van der Waals surface area contributed by atoms with Gasteiger partial charge in [0.2, 0.25) is 5.91 Å². The second kappa shape index (κ2) is 7.45. The first-order valence-corrected chi connectivity index (χ1v) is 7.61. The van der Waals surface area contributed by atoms with Crippen LogP contribution in [0, 0.1) is 0 Å². The molecular formula is C15H25N3O3. The Morgan fingerprint density at radius 1 is 1.19 bits per heavy atom. The Morgan fingerprint density at radius 2 is 2.00 bits per heavy atom. The number of carbonyl (C=O) groups excluding carboxylic acids is 2. The maximum Gasteiger partial charge on any atom is 0.410 e. The first kappa shape index (κ1) is 15.8. The Kier molecular flexibility index (Phi) is 5.61. The predicted octanol–water partition coefficient (Wildman–Crippen LogP) is 0.939. The highest BCUT2D eigenvalue weighted by molar-refractivity contribution is 5.82. The summed E-state index contributed by atoms with van der Waals surface area (Å²) in [6, 6.07) is 0. The van der Waals surface area contributed by atoms with Gasteiger partial charge in [0.15, 0.2) is 0 Å². The van der Waals surface area contributed by atoms with Crippen molar-refractivity contribution < 1.29 is 14.3 Å². The fourth-order valence-electron chi connectivity index (χ4n) is 2.55. The van der Waals surface area contributed by atoms with Crippen LogP contribution in [0.2, 0.25) is 0 Å². The minimum Gasteiger partial charge on any atom is -0.448 e. The summed E-state index contributed by atoms with van der Waals surface area (Å²) in [5.74, 6) is 0.0258. The molecule has 0 N–H and O–H groups in total. The van der Waals surface area contributed by atoms with E-state index in [1.807, 2.05) is 4.90 Å². The molecule has 0 atom stereocenters. The third-order valence-corrected chi connectivity index (χ3v) is 3.87. The predicted molar refractivity (Wildman–Crippen MR) is 80.0 cm³/mol. The smallest absolute Gasteiger partial charge is 0.410 e. The molecule has 0 aliphatic carbocycles. The summed E-state index contributed by atoms with van der Waals surface area (Å²) in [6.45, 7) is 9.61. The summed E-state index contributed by atoms with van der Waals surface area (Å²) >= 11 is 0. The number of hydrogen-bond acceptors (Lipinski definition) is 4. The van der Waals surface area contributed by atoms with Gasteiger partial charge in [0.1, 0.15) is 13.2 Å². The molecule has 2 amide bonds. The zero-order valence-corrected chi connectivity index (χ0v) is 13.0. The van der Waals surface area contributed by atoms with Crippen molar-refractivity contribution in [2.45, 2.75) is 20.3 Å². The zero-order chi connectivity index (χ0) is 15.2. The Hall–Kier alpha value is -1.56. The summed E-state index contributed by atoms with van der Waals surface area (Å²) in [6.07, 6.45) is 2.83. The van der Waals surface area contributed by atoms with Gasteiger partial charge in [-0.3, -0.25) is 14.6 Å². The lowest BCUT2D eigenvalue weighted by Gasteiger charge is -2.23. The van der Waals surface area contributed by atoms with Gasteiger partial charge in [0, 0.05) is 32.7 Å². The average molecular weight is 295 g/mol.